The molecule has 6 heteroatoms. The number of carbonyl (C=O) groups is 1. The Balaban J connectivity index is 1.56. The van der Waals surface area contributed by atoms with Crippen molar-refractivity contribution >= 4 is 27.5 Å². The van der Waals surface area contributed by atoms with Crippen LogP contribution in [0.5, 0.6) is 0 Å². The molecule has 1 amide bonds. The zero-order chi connectivity index (χ0) is 18.3. The van der Waals surface area contributed by atoms with Gasteiger partial charge >= 0.3 is 0 Å². The molecule has 2 aromatic carbocycles. The smallest absolute Gasteiger partial charge is 0.232 e. The molecule has 1 unspecified atom stereocenters. The summed E-state index contributed by atoms with van der Waals surface area (Å²) >= 11 is 3.45. The molecule has 1 fully saturated rings. The van der Waals surface area contributed by atoms with E-state index in [0.29, 0.717) is 24.7 Å². The topological polar surface area (TPSA) is 59.2 Å². The molecule has 26 heavy (non-hydrogen) atoms. The number of aryl methyl sites for hydroxylation is 2. The predicted octanol–water partition coefficient (Wildman–Crippen LogP) is 4.64. The lowest BCUT2D eigenvalue weighted by atomic mass is 10.1. The largest absolute Gasteiger partial charge is 0.339 e. The van der Waals surface area contributed by atoms with Crippen molar-refractivity contribution in [3.05, 3.63) is 64.0 Å². The number of nitrogens with zero attached hydrogens (tertiary/aromatic N) is 3. The van der Waals surface area contributed by atoms with Crippen molar-refractivity contribution in [3.63, 3.8) is 0 Å². The Labute approximate surface area is 160 Å². The molecule has 0 radical (unpaired) electrons. The number of hydrogen-bond acceptors (Lipinski definition) is 4. The highest BCUT2D eigenvalue weighted by atomic mass is 79.9. The third-order valence-electron chi connectivity index (χ3n) is 4.80. The molecule has 1 aliphatic rings. The van der Waals surface area contributed by atoms with E-state index in [1.54, 1.807) is 4.90 Å². The average Bonchev–Trinajstić information content (AvgIpc) is 3.24. The van der Waals surface area contributed by atoms with E-state index in [4.69, 9.17) is 4.52 Å². The highest BCUT2D eigenvalue weighted by Gasteiger charge is 2.35. The van der Waals surface area contributed by atoms with Crippen molar-refractivity contribution in [2.75, 3.05) is 11.4 Å². The number of rotatable bonds is 3. The second-order valence-corrected chi connectivity index (χ2v) is 7.56. The monoisotopic (exact) mass is 411 g/mol. The van der Waals surface area contributed by atoms with E-state index in [-0.39, 0.29) is 11.8 Å². The molecule has 0 spiro atoms. The normalized spacial score (nSPS) is 17.1. The van der Waals surface area contributed by atoms with Crippen LogP contribution in [-0.2, 0) is 4.79 Å². The van der Waals surface area contributed by atoms with Crippen molar-refractivity contribution in [2.24, 2.45) is 0 Å². The summed E-state index contributed by atoms with van der Waals surface area (Å²) < 4.78 is 6.42. The summed E-state index contributed by atoms with van der Waals surface area (Å²) in [7, 11) is 0. The van der Waals surface area contributed by atoms with E-state index >= 15 is 0 Å². The van der Waals surface area contributed by atoms with Crippen molar-refractivity contribution in [2.45, 2.75) is 26.2 Å². The molecule has 0 N–H and O–H groups in total. The second kappa shape index (κ2) is 6.68. The van der Waals surface area contributed by atoms with Crippen LogP contribution in [0.2, 0.25) is 0 Å². The van der Waals surface area contributed by atoms with Crippen LogP contribution in [0.15, 0.2) is 51.5 Å². The van der Waals surface area contributed by atoms with Gasteiger partial charge in [0.25, 0.3) is 0 Å². The van der Waals surface area contributed by atoms with Gasteiger partial charge in [0.1, 0.15) is 0 Å². The third kappa shape index (κ3) is 3.17. The van der Waals surface area contributed by atoms with Crippen LogP contribution in [-0.4, -0.2) is 22.6 Å². The SMILES string of the molecule is Cc1ccc(N2CC(c3nc(-c4cccc(Br)c4)no3)CC2=O)cc1C. The van der Waals surface area contributed by atoms with Gasteiger partial charge in [-0.2, -0.15) is 4.98 Å². The van der Waals surface area contributed by atoms with Crippen LogP contribution >= 0.6 is 15.9 Å². The maximum atomic E-state index is 12.5. The zero-order valence-corrected chi connectivity index (χ0v) is 16.2. The van der Waals surface area contributed by atoms with Crippen LogP contribution in [0.4, 0.5) is 5.69 Å². The summed E-state index contributed by atoms with van der Waals surface area (Å²) in [5.41, 5.74) is 4.19. The van der Waals surface area contributed by atoms with Crippen LogP contribution in [0.25, 0.3) is 11.4 Å². The van der Waals surface area contributed by atoms with Crippen molar-refractivity contribution in [1.29, 1.82) is 0 Å². The average molecular weight is 412 g/mol. The van der Waals surface area contributed by atoms with Crippen LogP contribution < -0.4 is 4.90 Å². The molecule has 0 aliphatic carbocycles. The summed E-state index contributed by atoms with van der Waals surface area (Å²) in [4.78, 5) is 18.8. The molecule has 1 atom stereocenters. The number of amides is 1. The highest BCUT2D eigenvalue weighted by Crippen LogP contribution is 2.33. The molecule has 2 heterocycles. The van der Waals surface area contributed by atoms with Gasteiger partial charge in [-0.05, 0) is 49.2 Å². The molecule has 0 bridgehead atoms. The highest BCUT2D eigenvalue weighted by molar-refractivity contribution is 9.10. The fourth-order valence-electron chi connectivity index (χ4n) is 3.16. The van der Waals surface area contributed by atoms with Crippen molar-refractivity contribution < 1.29 is 9.32 Å². The van der Waals surface area contributed by atoms with Crippen molar-refractivity contribution in [1.82, 2.24) is 10.1 Å². The van der Waals surface area contributed by atoms with E-state index in [2.05, 4.69) is 46.0 Å². The standard InChI is InChI=1S/C20H18BrN3O2/c1-12-6-7-17(8-13(12)2)24-11-15(10-18(24)25)20-22-19(23-26-20)14-4-3-5-16(21)9-14/h3-9,15H,10-11H2,1-2H3. The molecule has 1 aromatic heterocycles. The maximum absolute atomic E-state index is 12.5. The van der Waals surface area contributed by atoms with Gasteiger partial charge in [-0.15, -0.1) is 0 Å². The Kier molecular flexibility index (Phi) is 4.36. The minimum atomic E-state index is -0.0856. The van der Waals surface area contributed by atoms with Gasteiger partial charge in [-0.1, -0.05) is 39.3 Å². The lowest BCUT2D eigenvalue weighted by Gasteiger charge is -2.17. The van der Waals surface area contributed by atoms with Gasteiger partial charge < -0.3 is 9.42 Å². The van der Waals surface area contributed by atoms with E-state index in [9.17, 15) is 4.79 Å². The van der Waals surface area contributed by atoms with Gasteiger partial charge in [0.05, 0.1) is 5.92 Å². The van der Waals surface area contributed by atoms with E-state index in [1.807, 2.05) is 36.4 Å². The zero-order valence-electron chi connectivity index (χ0n) is 14.6. The van der Waals surface area contributed by atoms with E-state index < -0.39 is 0 Å². The third-order valence-corrected chi connectivity index (χ3v) is 5.29. The van der Waals surface area contributed by atoms with Crippen LogP contribution in [0.1, 0.15) is 29.4 Å². The van der Waals surface area contributed by atoms with Crippen LogP contribution in [0.3, 0.4) is 0 Å². The molecule has 0 saturated carbocycles. The number of halogens is 1. The maximum Gasteiger partial charge on any atom is 0.232 e. The number of carbonyl (C=O) groups excluding carboxylic acids is 1. The number of anilines is 1. The summed E-state index contributed by atoms with van der Waals surface area (Å²) in [5.74, 6) is 1.05. The predicted molar refractivity (Wildman–Crippen MR) is 103 cm³/mol. The molecule has 132 valence electrons. The van der Waals surface area contributed by atoms with E-state index in [0.717, 1.165) is 15.7 Å². The van der Waals surface area contributed by atoms with Gasteiger partial charge in [0.2, 0.25) is 17.6 Å². The first kappa shape index (κ1) is 17.0. The first-order valence-electron chi connectivity index (χ1n) is 8.48. The van der Waals surface area contributed by atoms with Gasteiger partial charge in [-0.25, -0.2) is 0 Å². The second-order valence-electron chi connectivity index (χ2n) is 6.64. The molecule has 1 saturated heterocycles. The molecular weight excluding hydrogens is 394 g/mol. The Morgan fingerprint density at radius 3 is 2.77 bits per heavy atom. The van der Waals surface area contributed by atoms with Gasteiger partial charge in [-0.3, -0.25) is 4.79 Å². The van der Waals surface area contributed by atoms with Crippen molar-refractivity contribution in [3.8, 4) is 11.4 Å². The van der Waals surface area contributed by atoms with E-state index in [1.165, 1.54) is 11.1 Å². The minimum Gasteiger partial charge on any atom is -0.339 e. The number of benzene rings is 2. The lowest BCUT2D eigenvalue weighted by Crippen LogP contribution is -2.24. The Morgan fingerprint density at radius 1 is 1.15 bits per heavy atom. The lowest BCUT2D eigenvalue weighted by molar-refractivity contribution is -0.117. The number of hydrogen-bond donors (Lipinski definition) is 0. The molecule has 1 aliphatic heterocycles. The van der Waals surface area contributed by atoms with Gasteiger partial charge in [0.15, 0.2) is 0 Å². The Bertz CT molecular complexity index is 983. The molecular formula is C20H18BrN3O2. The first-order chi connectivity index (χ1) is 12.5. The first-order valence-corrected chi connectivity index (χ1v) is 9.28. The Hall–Kier alpha value is -2.47. The minimum absolute atomic E-state index is 0.0838. The fourth-order valence-corrected chi connectivity index (χ4v) is 3.56. The van der Waals surface area contributed by atoms with Crippen LogP contribution in [0, 0.1) is 13.8 Å². The molecule has 5 nitrogen and oxygen atoms in total. The molecule has 4 rings (SSSR count). The Morgan fingerprint density at radius 2 is 2.00 bits per heavy atom. The summed E-state index contributed by atoms with van der Waals surface area (Å²) in [6, 6.07) is 13.8. The number of aromatic nitrogens is 2. The summed E-state index contributed by atoms with van der Waals surface area (Å²) in [5, 5.41) is 4.08. The van der Waals surface area contributed by atoms with Gasteiger partial charge in [0, 0.05) is 28.7 Å². The molecule has 3 aromatic rings. The summed E-state index contributed by atoms with van der Waals surface area (Å²) in [6.07, 6.45) is 0.382. The fraction of sp³-hybridized carbons (Fsp3) is 0.250. The summed E-state index contributed by atoms with van der Waals surface area (Å²) in [6.45, 7) is 4.68. The quantitative estimate of drug-likeness (QED) is 0.629.